The van der Waals surface area contributed by atoms with Crippen LogP contribution in [0.5, 0.6) is 5.75 Å². The lowest BCUT2D eigenvalue weighted by Crippen LogP contribution is -2.11. The predicted octanol–water partition coefficient (Wildman–Crippen LogP) is 3.81. The highest BCUT2D eigenvalue weighted by Gasteiger charge is 2.16. The number of carbonyl (C=O) groups is 1. The van der Waals surface area contributed by atoms with E-state index in [1.54, 1.807) is 32.6 Å². The molecule has 0 saturated carbocycles. The molecule has 0 aliphatic heterocycles. The highest BCUT2D eigenvalue weighted by Crippen LogP contribution is 2.26. The van der Waals surface area contributed by atoms with Crippen molar-refractivity contribution in [3.63, 3.8) is 0 Å². The molecule has 0 radical (unpaired) electrons. The minimum Gasteiger partial charge on any atom is -0.495 e. The van der Waals surface area contributed by atoms with E-state index in [9.17, 15) is 4.79 Å². The van der Waals surface area contributed by atoms with Crippen LogP contribution in [0.4, 0.5) is 0 Å². The number of methoxy groups -OCH3 is 1. The molecule has 0 amide bonds. The number of pyridine rings is 1. The summed E-state index contributed by atoms with van der Waals surface area (Å²) in [6, 6.07) is 13.0. The quantitative estimate of drug-likeness (QED) is 0.413. The minimum atomic E-state index is -0.489. The molecule has 0 spiro atoms. The van der Waals surface area contributed by atoms with E-state index < -0.39 is 5.97 Å². The van der Waals surface area contributed by atoms with E-state index in [-0.39, 0.29) is 12.3 Å². The zero-order valence-electron chi connectivity index (χ0n) is 18.1. The van der Waals surface area contributed by atoms with Crippen molar-refractivity contribution in [3.8, 4) is 22.8 Å². The fraction of sp³-hybridized carbons (Fsp3) is 0.208. The number of aryl methyl sites for hydroxylation is 1. The molecule has 0 bridgehead atoms. The smallest absolute Gasteiger partial charge is 0.357 e. The van der Waals surface area contributed by atoms with Crippen LogP contribution in [-0.2, 0) is 11.2 Å². The second kappa shape index (κ2) is 9.38. The number of hydrogen-bond acceptors (Lipinski definition) is 7. The molecule has 0 N–H and O–H groups in total. The number of nitrogens with zero attached hydrogens (tertiary/aromatic N) is 5. The second-order valence-electron chi connectivity index (χ2n) is 7.10. The van der Waals surface area contributed by atoms with Gasteiger partial charge in [-0.15, -0.1) is 0 Å². The summed E-state index contributed by atoms with van der Waals surface area (Å²) in [4.78, 5) is 30.1. The molecule has 32 heavy (non-hydrogen) atoms. The van der Waals surface area contributed by atoms with Gasteiger partial charge >= 0.3 is 5.97 Å². The molecule has 0 fully saturated rings. The zero-order chi connectivity index (χ0) is 22.5. The molecular weight excluding hydrogens is 406 g/mol. The Morgan fingerprint density at radius 2 is 1.94 bits per heavy atom. The van der Waals surface area contributed by atoms with Crippen LogP contribution in [0.3, 0.4) is 0 Å². The maximum absolute atomic E-state index is 12.4. The van der Waals surface area contributed by atoms with E-state index in [2.05, 4.69) is 19.9 Å². The van der Waals surface area contributed by atoms with Gasteiger partial charge in [-0.2, -0.15) is 0 Å². The second-order valence-corrected chi connectivity index (χ2v) is 7.10. The van der Waals surface area contributed by atoms with Crippen molar-refractivity contribution < 1.29 is 14.3 Å². The maximum Gasteiger partial charge on any atom is 0.357 e. The van der Waals surface area contributed by atoms with Crippen LogP contribution in [0.25, 0.3) is 17.1 Å². The first-order valence-electron chi connectivity index (χ1n) is 10.2. The van der Waals surface area contributed by atoms with E-state index in [0.717, 1.165) is 16.9 Å². The van der Waals surface area contributed by atoms with Gasteiger partial charge in [0.25, 0.3) is 0 Å². The summed E-state index contributed by atoms with van der Waals surface area (Å²) >= 11 is 0. The van der Waals surface area contributed by atoms with Crippen molar-refractivity contribution in [2.75, 3.05) is 13.7 Å². The number of imidazole rings is 1. The molecule has 4 aromatic rings. The summed E-state index contributed by atoms with van der Waals surface area (Å²) in [6.45, 7) is 3.96. The Balaban J connectivity index is 1.70. The standard InChI is InChI=1S/C24H23N5O3/c1-4-32-24(30)20-13-19(18-7-5-6-10-25-18)27-23(28-20)12-17-8-9-21(22(11-17)31-3)29-14-16(2)26-15-29/h5-11,13-15H,4,12H2,1-3H3. The largest absolute Gasteiger partial charge is 0.495 e. The van der Waals surface area contributed by atoms with E-state index in [4.69, 9.17) is 9.47 Å². The minimum absolute atomic E-state index is 0.204. The Kier molecular flexibility index (Phi) is 6.21. The van der Waals surface area contributed by atoms with Gasteiger partial charge in [-0.1, -0.05) is 12.1 Å². The lowest BCUT2D eigenvalue weighted by molar-refractivity contribution is 0.0519. The molecule has 8 nitrogen and oxygen atoms in total. The van der Waals surface area contributed by atoms with Gasteiger partial charge in [0, 0.05) is 18.8 Å². The topological polar surface area (TPSA) is 92.0 Å². The number of benzene rings is 1. The van der Waals surface area contributed by atoms with Crippen molar-refractivity contribution in [1.29, 1.82) is 0 Å². The summed E-state index contributed by atoms with van der Waals surface area (Å²) < 4.78 is 12.7. The number of ether oxygens (including phenoxy) is 2. The van der Waals surface area contributed by atoms with E-state index in [0.29, 0.717) is 29.4 Å². The molecule has 162 valence electrons. The van der Waals surface area contributed by atoms with Gasteiger partial charge in [0.2, 0.25) is 0 Å². The summed E-state index contributed by atoms with van der Waals surface area (Å²) in [5.41, 5.74) is 4.17. The zero-order valence-corrected chi connectivity index (χ0v) is 18.1. The molecule has 0 aliphatic rings. The van der Waals surface area contributed by atoms with Gasteiger partial charge in [0.05, 0.1) is 42.8 Å². The van der Waals surface area contributed by atoms with Gasteiger partial charge in [-0.05, 0) is 49.7 Å². The number of aromatic nitrogens is 5. The average molecular weight is 429 g/mol. The van der Waals surface area contributed by atoms with Crippen molar-refractivity contribution in [1.82, 2.24) is 24.5 Å². The normalized spacial score (nSPS) is 10.7. The molecule has 3 heterocycles. The summed E-state index contributed by atoms with van der Waals surface area (Å²) in [6.07, 6.45) is 5.77. The summed E-state index contributed by atoms with van der Waals surface area (Å²) in [7, 11) is 1.63. The van der Waals surface area contributed by atoms with E-state index in [1.165, 1.54) is 0 Å². The molecular formula is C24H23N5O3. The number of esters is 1. The maximum atomic E-state index is 12.4. The first-order chi connectivity index (χ1) is 15.6. The number of hydrogen-bond donors (Lipinski definition) is 0. The Bertz CT molecular complexity index is 1240. The van der Waals surface area contributed by atoms with Crippen LogP contribution in [0.15, 0.2) is 61.2 Å². The molecule has 1 aromatic carbocycles. The summed E-state index contributed by atoms with van der Waals surface area (Å²) in [5, 5.41) is 0. The number of carbonyl (C=O) groups excluding carboxylic acids is 1. The van der Waals surface area contributed by atoms with Gasteiger partial charge in [0.15, 0.2) is 5.69 Å². The highest BCUT2D eigenvalue weighted by molar-refractivity contribution is 5.88. The van der Waals surface area contributed by atoms with Crippen LogP contribution >= 0.6 is 0 Å². The third-order valence-electron chi connectivity index (χ3n) is 4.78. The van der Waals surface area contributed by atoms with Gasteiger partial charge < -0.3 is 14.0 Å². The first-order valence-corrected chi connectivity index (χ1v) is 10.2. The van der Waals surface area contributed by atoms with E-state index >= 15 is 0 Å². The van der Waals surface area contributed by atoms with Crippen molar-refractivity contribution >= 4 is 5.97 Å². The van der Waals surface area contributed by atoms with Gasteiger partial charge in [-0.25, -0.2) is 19.7 Å². The summed E-state index contributed by atoms with van der Waals surface area (Å²) in [5.74, 6) is 0.701. The van der Waals surface area contributed by atoms with Crippen molar-refractivity contribution in [2.24, 2.45) is 0 Å². The molecule has 8 heteroatoms. The van der Waals surface area contributed by atoms with Gasteiger partial charge in [0.1, 0.15) is 11.6 Å². The predicted molar refractivity (Wildman–Crippen MR) is 119 cm³/mol. The first kappa shape index (κ1) is 21.2. The molecule has 4 rings (SSSR count). The van der Waals surface area contributed by atoms with Crippen LogP contribution in [-0.4, -0.2) is 44.2 Å². The molecule has 3 aromatic heterocycles. The molecule has 0 saturated heterocycles. The van der Waals surface area contributed by atoms with Crippen LogP contribution in [0, 0.1) is 6.92 Å². The van der Waals surface area contributed by atoms with Crippen LogP contribution in [0.1, 0.15) is 34.5 Å². The van der Waals surface area contributed by atoms with Crippen molar-refractivity contribution in [2.45, 2.75) is 20.3 Å². The molecule has 0 atom stereocenters. The average Bonchev–Trinajstić information content (AvgIpc) is 3.25. The Hall–Kier alpha value is -4.07. The monoisotopic (exact) mass is 429 g/mol. The third-order valence-corrected chi connectivity index (χ3v) is 4.78. The Morgan fingerprint density at radius 3 is 2.62 bits per heavy atom. The molecule has 0 unspecified atom stereocenters. The van der Waals surface area contributed by atoms with Crippen LogP contribution in [0.2, 0.25) is 0 Å². The van der Waals surface area contributed by atoms with Crippen LogP contribution < -0.4 is 4.74 Å². The Morgan fingerprint density at radius 1 is 1.06 bits per heavy atom. The van der Waals surface area contributed by atoms with Gasteiger partial charge in [-0.3, -0.25) is 4.98 Å². The highest BCUT2D eigenvalue weighted by atomic mass is 16.5. The van der Waals surface area contributed by atoms with E-state index in [1.807, 2.05) is 54.1 Å². The van der Waals surface area contributed by atoms with Crippen molar-refractivity contribution in [3.05, 3.63) is 84.0 Å². The SMILES string of the molecule is CCOC(=O)c1cc(-c2ccccn2)nc(Cc2ccc(-n3cnc(C)c3)c(OC)c2)n1. The molecule has 0 aliphatic carbocycles. The fourth-order valence-corrected chi connectivity index (χ4v) is 3.31. The fourth-order valence-electron chi connectivity index (χ4n) is 3.31. The Labute approximate surface area is 185 Å². The lowest BCUT2D eigenvalue weighted by Gasteiger charge is -2.12. The number of rotatable bonds is 7. The lowest BCUT2D eigenvalue weighted by atomic mass is 10.1. The third kappa shape index (κ3) is 4.64.